The van der Waals surface area contributed by atoms with Crippen molar-refractivity contribution in [1.29, 1.82) is 0 Å². The highest BCUT2D eigenvalue weighted by atomic mass is 19.2. The summed E-state index contributed by atoms with van der Waals surface area (Å²) < 4.78 is 31.5. The van der Waals surface area contributed by atoms with Gasteiger partial charge in [0.2, 0.25) is 0 Å². The SMILES string of the molecule is Cc1ccc(N)c(C)c1OCc1ccc(F)c(F)c1. The van der Waals surface area contributed by atoms with E-state index in [0.29, 0.717) is 17.0 Å². The molecule has 0 fully saturated rings. The van der Waals surface area contributed by atoms with Gasteiger partial charge in [-0.1, -0.05) is 12.1 Å². The zero-order valence-electron chi connectivity index (χ0n) is 10.8. The second-order valence-electron chi connectivity index (χ2n) is 4.46. The Labute approximate surface area is 110 Å². The number of aryl methyl sites for hydroxylation is 1. The predicted octanol–water partition coefficient (Wildman–Crippen LogP) is 3.74. The van der Waals surface area contributed by atoms with Crippen LogP contribution in [0.2, 0.25) is 0 Å². The zero-order valence-corrected chi connectivity index (χ0v) is 10.8. The number of nitrogens with two attached hydrogens (primary N) is 1. The van der Waals surface area contributed by atoms with Crippen molar-refractivity contribution in [2.75, 3.05) is 5.73 Å². The highest BCUT2D eigenvalue weighted by Crippen LogP contribution is 2.28. The zero-order chi connectivity index (χ0) is 14.0. The average Bonchev–Trinajstić information content (AvgIpc) is 2.38. The second kappa shape index (κ2) is 5.26. The van der Waals surface area contributed by atoms with Gasteiger partial charge in [0.1, 0.15) is 12.4 Å². The van der Waals surface area contributed by atoms with E-state index in [-0.39, 0.29) is 6.61 Å². The first kappa shape index (κ1) is 13.3. The molecular weight excluding hydrogens is 248 g/mol. The van der Waals surface area contributed by atoms with Gasteiger partial charge in [0.15, 0.2) is 11.6 Å². The molecule has 0 heterocycles. The topological polar surface area (TPSA) is 35.2 Å². The third-order valence-corrected chi connectivity index (χ3v) is 3.01. The summed E-state index contributed by atoms with van der Waals surface area (Å²) in [7, 11) is 0. The molecule has 2 rings (SSSR count). The molecule has 0 aromatic heterocycles. The average molecular weight is 263 g/mol. The minimum absolute atomic E-state index is 0.169. The van der Waals surface area contributed by atoms with Crippen LogP contribution in [-0.2, 0) is 6.61 Å². The van der Waals surface area contributed by atoms with Gasteiger partial charge in [-0.15, -0.1) is 0 Å². The first-order valence-electron chi connectivity index (χ1n) is 5.91. The lowest BCUT2D eigenvalue weighted by molar-refractivity contribution is 0.301. The maximum Gasteiger partial charge on any atom is 0.159 e. The molecule has 19 heavy (non-hydrogen) atoms. The van der Waals surface area contributed by atoms with E-state index in [1.54, 1.807) is 0 Å². The van der Waals surface area contributed by atoms with Crippen molar-refractivity contribution in [2.24, 2.45) is 0 Å². The van der Waals surface area contributed by atoms with Gasteiger partial charge in [-0.2, -0.15) is 0 Å². The van der Waals surface area contributed by atoms with E-state index < -0.39 is 11.6 Å². The predicted molar refractivity (Wildman–Crippen MR) is 71.0 cm³/mol. The number of anilines is 1. The molecule has 2 nitrogen and oxygen atoms in total. The maximum atomic E-state index is 13.1. The molecule has 2 aromatic carbocycles. The summed E-state index contributed by atoms with van der Waals surface area (Å²) in [5.74, 6) is -1.05. The Morgan fingerprint density at radius 2 is 1.79 bits per heavy atom. The van der Waals surface area contributed by atoms with Crippen molar-refractivity contribution < 1.29 is 13.5 Å². The van der Waals surface area contributed by atoms with Crippen LogP contribution >= 0.6 is 0 Å². The standard InChI is InChI=1S/C15H15F2NO/c1-9-3-6-14(18)10(2)15(9)19-8-11-4-5-12(16)13(17)7-11/h3-7H,8,18H2,1-2H3. The van der Waals surface area contributed by atoms with Crippen LogP contribution in [0, 0.1) is 25.5 Å². The summed E-state index contributed by atoms with van der Waals surface area (Å²) in [4.78, 5) is 0. The summed E-state index contributed by atoms with van der Waals surface area (Å²) >= 11 is 0. The fourth-order valence-corrected chi connectivity index (χ4v) is 1.85. The molecule has 2 N–H and O–H groups in total. The van der Waals surface area contributed by atoms with E-state index in [1.807, 2.05) is 26.0 Å². The van der Waals surface area contributed by atoms with Crippen molar-refractivity contribution in [2.45, 2.75) is 20.5 Å². The summed E-state index contributed by atoms with van der Waals surface area (Å²) in [6.45, 7) is 3.94. The van der Waals surface area contributed by atoms with Crippen molar-refractivity contribution >= 4 is 5.69 Å². The Balaban J connectivity index is 2.19. The molecule has 0 bridgehead atoms. The number of hydrogen-bond acceptors (Lipinski definition) is 2. The van der Waals surface area contributed by atoms with Gasteiger partial charge < -0.3 is 10.5 Å². The Morgan fingerprint density at radius 3 is 2.47 bits per heavy atom. The molecule has 100 valence electrons. The minimum Gasteiger partial charge on any atom is -0.488 e. The van der Waals surface area contributed by atoms with Crippen LogP contribution in [0.1, 0.15) is 16.7 Å². The Morgan fingerprint density at radius 1 is 1.05 bits per heavy atom. The highest BCUT2D eigenvalue weighted by Gasteiger charge is 2.08. The monoisotopic (exact) mass is 263 g/mol. The van der Waals surface area contributed by atoms with Crippen molar-refractivity contribution in [3.8, 4) is 5.75 Å². The Hall–Kier alpha value is -2.10. The summed E-state index contributed by atoms with van der Waals surface area (Å²) in [6.07, 6.45) is 0. The number of nitrogen functional groups attached to an aromatic ring is 1. The van der Waals surface area contributed by atoms with Crippen molar-refractivity contribution in [1.82, 2.24) is 0 Å². The molecule has 0 unspecified atom stereocenters. The second-order valence-corrected chi connectivity index (χ2v) is 4.46. The molecule has 0 aliphatic rings. The third kappa shape index (κ3) is 2.84. The molecule has 0 saturated heterocycles. The number of rotatable bonds is 3. The van der Waals surface area contributed by atoms with Crippen LogP contribution in [0.25, 0.3) is 0 Å². The lowest BCUT2D eigenvalue weighted by atomic mass is 10.1. The van der Waals surface area contributed by atoms with Crippen LogP contribution in [0.3, 0.4) is 0 Å². The normalized spacial score (nSPS) is 10.5. The van der Waals surface area contributed by atoms with Crippen molar-refractivity contribution in [3.05, 3.63) is 58.7 Å². The first-order chi connectivity index (χ1) is 8.99. The Bertz CT molecular complexity index is 611. The van der Waals surface area contributed by atoms with Gasteiger partial charge in [0.05, 0.1) is 0 Å². The quantitative estimate of drug-likeness (QED) is 0.856. The number of benzene rings is 2. The van der Waals surface area contributed by atoms with E-state index >= 15 is 0 Å². The molecule has 0 spiro atoms. The molecular formula is C15H15F2NO. The molecule has 0 saturated carbocycles. The van der Waals surface area contributed by atoms with Crippen LogP contribution < -0.4 is 10.5 Å². The maximum absolute atomic E-state index is 13.1. The van der Waals surface area contributed by atoms with Crippen molar-refractivity contribution in [3.63, 3.8) is 0 Å². The summed E-state index contributed by atoms with van der Waals surface area (Å²) in [5, 5.41) is 0. The van der Waals surface area contributed by atoms with Gasteiger partial charge in [-0.05, 0) is 43.2 Å². The Kier molecular flexibility index (Phi) is 3.69. The fraction of sp³-hybridized carbons (Fsp3) is 0.200. The van der Waals surface area contributed by atoms with E-state index in [9.17, 15) is 8.78 Å². The molecule has 4 heteroatoms. The third-order valence-electron chi connectivity index (χ3n) is 3.01. The van der Waals surface area contributed by atoms with E-state index in [4.69, 9.17) is 10.5 Å². The molecule has 0 atom stereocenters. The number of ether oxygens (including phenoxy) is 1. The smallest absolute Gasteiger partial charge is 0.159 e. The van der Waals surface area contributed by atoms with Gasteiger partial charge in [-0.25, -0.2) is 8.78 Å². The van der Waals surface area contributed by atoms with Gasteiger partial charge >= 0.3 is 0 Å². The van der Waals surface area contributed by atoms with Gasteiger partial charge in [0, 0.05) is 11.3 Å². The van der Waals surface area contributed by atoms with Crippen LogP contribution in [0.15, 0.2) is 30.3 Å². The molecule has 0 aliphatic carbocycles. The lowest BCUT2D eigenvalue weighted by Crippen LogP contribution is -2.02. The van der Waals surface area contributed by atoms with E-state index in [2.05, 4.69) is 0 Å². The van der Waals surface area contributed by atoms with Crippen LogP contribution in [0.4, 0.5) is 14.5 Å². The van der Waals surface area contributed by atoms with Crippen LogP contribution in [-0.4, -0.2) is 0 Å². The lowest BCUT2D eigenvalue weighted by Gasteiger charge is -2.13. The van der Waals surface area contributed by atoms with Gasteiger partial charge in [0.25, 0.3) is 0 Å². The van der Waals surface area contributed by atoms with E-state index in [0.717, 1.165) is 23.3 Å². The molecule has 0 amide bonds. The minimum atomic E-state index is -0.873. The summed E-state index contributed by atoms with van der Waals surface area (Å²) in [5.41, 5.74) is 8.83. The molecule has 2 aromatic rings. The highest BCUT2D eigenvalue weighted by molar-refractivity contribution is 5.56. The van der Waals surface area contributed by atoms with Crippen LogP contribution in [0.5, 0.6) is 5.75 Å². The largest absolute Gasteiger partial charge is 0.488 e. The molecule has 0 aliphatic heterocycles. The summed E-state index contributed by atoms with van der Waals surface area (Å²) in [6, 6.07) is 7.40. The fourth-order valence-electron chi connectivity index (χ4n) is 1.85. The first-order valence-corrected chi connectivity index (χ1v) is 5.91. The van der Waals surface area contributed by atoms with E-state index in [1.165, 1.54) is 6.07 Å². The number of hydrogen-bond donors (Lipinski definition) is 1. The molecule has 0 radical (unpaired) electrons. The number of halogens is 2. The van der Waals surface area contributed by atoms with Gasteiger partial charge in [-0.3, -0.25) is 0 Å².